The molecule has 0 spiro atoms. The summed E-state index contributed by atoms with van der Waals surface area (Å²) in [6.45, 7) is 8.04. The van der Waals surface area contributed by atoms with Crippen LogP contribution in [0.2, 0.25) is 0 Å². The van der Waals surface area contributed by atoms with E-state index in [4.69, 9.17) is 14.2 Å². The van der Waals surface area contributed by atoms with Crippen molar-refractivity contribution in [1.82, 2.24) is 4.57 Å². The number of fused-ring (bicyclic) bond motifs is 3. The summed E-state index contributed by atoms with van der Waals surface area (Å²) in [5.74, 6) is 0.614. The zero-order chi connectivity index (χ0) is 20.4. The minimum atomic E-state index is -0.0936. The van der Waals surface area contributed by atoms with Gasteiger partial charge >= 0.3 is 0 Å². The smallest absolute Gasteiger partial charge is 0.197 e. The molecule has 1 aromatic carbocycles. The number of aromatic nitrogens is 1. The molecule has 156 valence electrons. The van der Waals surface area contributed by atoms with E-state index in [1.54, 1.807) is 6.07 Å². The molecule has 0 bridgehead atoms. The van der Waals surface area contributed by atoms with Crippen LogP contribution in [0.15, 0.2) is 29.1 Å². The highest BCUT2D eigenvalue weighted by molar-refractivity contribution is 5.72. The van der Waals surface area contributed by atoms with Crippen LogP contribution in [0.1, 0.15) is 24.5 Å². The maximum Gasteiger partial charge on any atom is 0.197 e. The summed E-state index contributed by atoms with van der Waals surface area (Å²) in [7, 11) is 2.13. The molecule has 0 aliphatic carbocycles. The fourth-order valence-corrected chi connectivity index (χ4v) is 4.18. The van der Waals surface area contributed by atoms with E-state index in [1.165, 1.54) is 11.3 Å². The van der Waals surface area contributed by atoms with Gasteiger partial charge in [-0.1, -0.05) is 13.0 Å². The van der Waals surface area contributed by atoms with Gasteiger partial charge in [0.05, 0.1) is 25.5 Å². The number of anilines is 1. The Labute approximate surface area is 172 Å². The Hall–Kier alpha value is -2.31. The number of hydrogen-bond donors (Lipinski definition) is 0. The Kier molecular flexibility index (Phi) is 5.92. The van der Waals surface area contributed by atoms with Crippen LogP contribution in [0.5, 0.6) is 5.88 Å². The van der Waals surface area contributed by atoms with Crippen molar-refractivity contribution < 1.29 is 14.2 Å². The molecule has 1 fully saturated rings. The first-order valence-electron chi connectivity index (χ1n) is 10.5. The molecule has 6 nitrogen and oxygen atoms in total. The lowest BCUT2D eigenvalue weighted by molar-refractivity contribution is -0.102. The van der Waals surface area contributed by atoms with Gasteiger partial charge in [-0.3, -0.25) is 4.79 Å². The van der Waals surface area contributed by atoms with Crippen LogP contribution < -0.4 is 15.1 Å². The fourth-order valence-electron chi connectivity index (χ4n) is 4.18. The Balaban J connectivity index is 1.66. The summed E-state index contributed by atoms with van der Waals surface area (Å²) in [6.07, 6.45) is 1.93. The van der Waals surface area contributed by atoms with Gasteiger partial charge < -0.3 is 23.7 Å². The summed E-state index contributed by atoms with van der Waals surface area (Å²) in [5.41, 5.74) is 5.38. The van der Waals surface area contributed by atoms with E-state index in [0.29, 0.717) is 32.3 Å². The van der Waals surface area contributed by atoms with Crippen LogP contribution in [0.4, 0.5) is 5.69 Å². The van der Waals surface area contributed by atoms with Crippen molar-refractivity contribution in [1.29, 1.82) is 0 Å². The van der Waals surface area contributed by atoms with E-state index in [0.717, 1.165) is 42.8 Å². The molecule has 6 heteroatoms. The van der Waals surface area contributed by atoms with Gasteiger partial charge in [-0.25, -0.2) is 0 Å². The fraction of sp³-hybridized carbons (Fsp3) is 0.522. The first-order chi connectivity index (χ1) is 14.1. The SMILES string of the molecule is CCCN(C)c1ccc2c(c1)CCn1c(OC[C@@H]3COCCO3)cc(=O)c(C)c1-2. The van der Waals surface area contributed by atoms with Crippen LogP contribution in [0, 0.1) is 6.92 Å². The number of nitrogens with zero attached hydrogens (tertiary/aromatic N) is 2. The molecule has 2 aliphatic heterocycles. The van der Waals surface area contributed by atoms with E-state index in [1.807, 2.05) is 6.92 Å². The largest absolute Gasteiger partial charge is 0.476 e. The van der Waals surface area contributed by atoms with Crippen LogP contribution in [0.3, 0.4) is 0 Å². The topological polar surface area (TPSA) is 52.9 Å². The molecule has 4 rings (SSSR count). The molecule has 0 amide bonds. The molecule has 0 unspecified atom stereocenters. The minimum absolute atomic E-state index is 0.00656. The zero-order valence-electron chi connectivity index (χ0n) is 17.6. The molecule has 0 saturated carbocycles. The molecule has 1 saturated heterocycles. The van der Waals surface area contributed by atoms with Gasteiger partial charge in [-0.2, -0.15) is 0 Å². The molecule has 3 heterocycles. The molecule has 2 aromatic rings. The summed E-state index contributed by atoms with van der Waals surface area (Å²) in [5, 5.41) is 0. The number of aryl methyl sites for hydroxylation is 1. The van der Waals surface area contributed by atoms with E-state index < -0.39 is 0 Å². The number of benzene rings is 1. The molecule has 0 N–H and O–H groups in total. The Morgan fingerprint density at radius 2 is 2.14 bits per heavy atom. The van der Waals surface area contributed by atoms with Crippen LogP contribution >= 0.6 is 0 Å². The number of rotatable bonds is 6. The number of hydrogen-bond acceptors (Lipinski definition) is 5. The summed E-state index contributed by atoms with van der Waals surface area (Å²) in [6, 6.07) is 8.17. The third kappa shape index (κ3) is 4.05. The van der Waals surface area contributed by atoms with Crippen LogP contribution in [-0.4, -0.2) is 50.7 Å². The summed E-state index contributed by atoms with van der Waals surface area (Å²) in [4.78, 5) is 15.0. The summed E-state index contributed by atoms with van der Waals surface area (Å²) < 4.78 is 19.3. The second-order valence-electron chi connectivity index (χ2n) is 7.86. The second kappa shape index (κ2) is 8.59. The number of ether oxygens (including phenoxy) is 3. The van der Waals surface area contributed by atoms with Crippen molar-refractivity contribution in [3.63, 3.8) is 0 Å². The number of pyridine rings is 1. The zero-order valence-corrected chi connectivity index (χ0v) is 17.6. The van der Waals surface area contributed by atoms with Gasteiger partial charge in [0.1, 0.15) is 12.7 Å². The molecule has 1 aromatic heterocycles. The molecule has 2 aliphatic rings. The van der Waals surface area contributed by atoms with Crippen LogP contribution in [0.25, 0.3) is 11.3 Å². The first-order valence-corrected chi connectivity index (χ1v) is 10.5. The highest BCUT2D eigenvalue weighted by Gasteiger charge is 2.24. The monoisotopic (exact) mass is 398 g/mol. The average molecular weight is 399 g/mol. The molecule has 0 radical (unpaired) electrons. The first kappa shape index (κ1) is 20.0. The van der Waals surface area contributed by atoms with Crippen molar-refractivity contribution in [2.45, 2.75) is 39.3 Å². The highest BCUT2D eigenvalue weighted by Crippen LogP contribution is 2.35. The highest BCUT2D eigenvalue weighted by atomic mass is 16.6. The molecule has 1 atom stereocenters. The van der Waals surface area contributed by atoms with Crippen molar-refractivity contribution in [3.05, 3.63) is 45.6 Å². The van der Waals surface area contributed by atoms with Gasteiger partial charge in [0.2, 0.25) is 0 Å². The Morgan fingerprint density at radius 1 is 1.28 bits per heavy atom. The lowest BCUT2D eigenvalue weighted by Gasteiger charge is -2.29. The van der Waals surface area contributed by atoms with E-state index >= 15 is 0 Å². The summed E-state index contributed by atoms with van der Waals surface area (Å²) >= 11 is 0. The molecule has 29 heavy (non-hydrogen) atoms. The van der Waals surface area contributed by atoms with Gasteiger partial charge in [0.25, 0.3) is 0 Å². The quantitative estimate of drug-likeness (QED) is 0.749. The Morgan fingerprint density at radius 3 is 2.90 bits per heavy atom. The van der Waals surface area contributed by atoms with Crippen molar-refractivity contribution in [3.8, 4) is 17.1 Å². The lowest BCUT2D eigenvalue weighted by Crippen LogP contribution is -2.34. The predicted octanol–water partition coefficient (Wildman–Crippen LogP) is 3.02. The third-order valence-corrected chi connectivity index (χ3v) is 5.77. The average Bonchev–Trinajstić information content (AvgIpc) is 2.75. The van der Waals surface area contributed by atoms with Crippen molar-refractivity contribution in [2.75, 3.05) is 44.9 Å². The van der Waals surface area contributed by atoms with Gasteiger partial charge in [0.15, 0.2) is 11.3 Å². The normalized spacial score (nSPS) is 18.1. The third-order valence-electron chi connectivity index (χ3n) is 5.77. The van der Waals surface area contributed by atoms with Crippen LogP contribution in [-0.2, 0) is 22.4 Å². The minimum Gasteiger partial charge on any atom is -0.476 e. The predicted molar refractivity (Wildman–Crippen MR) is 114 cm³/mol. The van der Waals surface area contributed by atoms with E-state index in [-0.39, 0.29) is 11.5 Å². The lowest BCUT2D eigenvalue weighted by atomic mass is 9.94. The second-order valence-corrected chi connectivity index (χ2v) is 7.86. The van der Waals surface area contributed by atoms with Crippen molar-refractivity contribution >= 4 is 5.69 Å². The molecular weight excluding hydrogens is 368 g/mol. The van der Waals surface area contributed by atoms with Crippen molar-refractivity contribution in [2.24, 2.45) is 0 Å². The van der Waals surface area contributed by atoms with E-state index in [9.17, 15) is 4.79 Å². The standard InChI is InChI=1S/C23H30N2O4/c1-4-8-24(3)18-5-6-20-17(12-18)7-9-25-22(13-21(26)16(2)23(20)25)29-15-19-14-27-10-11-28-19/h5-6,12-13,19H,4,7-11,14-15H2,1-3H3/t19-/m0/s1. The maximum atomic E-state index is 12.7. The Bertz CT molecular complexity index is 931. The van der Waals surface area contributed by atoms with E-state index in [2.05, 4.69) is 41.6 Å². The van der Waals surface area contributed by atoms with Gasteiger partial charge in [0, 0.05) is 43.0 Å². The van der Waals surface area contributed by atoms with Gasteiger partial charge in [-0.15, -0.1) is 0 Å². The van der Waals surface area contributed by atoms with Gasteiger partial charge in [-0.05, 0) is 37.5 Å². The maximum absolute atomic E-state index is 12.7. The molecular formula is C23H30N2O4.